The monoisotopic (exact) mass is 497 g/mol. The van der Waals surface area contributed by atoms with Crippen molar-refractivity contribution < 1.29 is 14.7 Å². The van der Waals surface area contributed by atoms with Gasteiger partial charge in [0.15, 0.2) is 5.78 Å². The Balaban J connectivity index is 1.45. The van der Waals surface area contributed by atoms with Crippen molar-refractivity contribution in [1.82, 2.24) is 10.5 Å². The number of carbonyl (C=O) groups excluding carboxylic acids is 1. The van der Waals surface area contributed by atoms with E-state index in [2.05, 4.69) is 40.8 Å². The lowest BCUT2D eigenvalue weighted by molar-refractivity contribution is 0.0636. The van der Waals surface area contributed by atoms with Crippen LogP contribution in [0.3, 0.4) is 0 Å². The number of fused-ring (bicyclic) bond motifs is 1. The van der Waals surface area contributed by atoms with Crippen molar-refractivity contribution in [3.05, 3.63) is 83.2 Å². The molecule has 1 aliphatic carbocycles. The summed E-state index contributed by atoms with van der Waals surface area (Å²) in [5.41, 5.74) is 7.65. The van der Waals surface area contributed by atoms with E-state index >= 15 is 0 Å². The second-order valence-corrected chi connectivity index (χ2v) is 10.5. The number of nitrogens with one attached hydrogen (secondary N) is 1. The highest BCUT2D eigenvalue weighted by Crippen LogP contribution is 2.44. The van der Waals surface area contributed by atoms with Crippen molar-refractivity contribution in [2.24, 2.45) is 5.92 Å². The van der Waals surface area contributed by atoms with Crippen molar-refractivity contribution in [2.75, 3.05) is 6.61 Å². The van der Waals surface area contributed by atoms with Gasteiger partial charge < -0.3 is 9.94 Å². The van der Waals surface area contributed by atoms with E-state index in [1.807, 2.05) is 39.0 Å². The number of pyridine rings is 1. The Morgan fingerprint density at radius 1 is 1.19 bits per heavy atom. The molecule has 37 heavy (non-hydrogen) atoms. The smallest absolute Gasteiger partial charge is 0.164 e. The molecule has 0 aliphatic heterocycles. The van der Waals surface area contributed by atoms with E-state index in [9.17, 15) is 15.3 Å². The summed E-state index contributed by atoms with van der Waals surface area (Å²) in [6.07, 6.45) is 7.43. The summed E-state index contributed by atoms with van der Waals surface area (Å²) >= 11 is 0. The molecule has 4 rings (SSSR count). The number of carbonyl (C=O) groups is 1. The predicted octanol–water partition coefficient (Wildman–Crippen LogP) is 6.48. The highest BCUT2D eigenvalue weighted by Gasteiger charge is 2.35. The molecule has 0 spiro atoms. The lowest BCUT2D eigenvalue weighted by atomic mass is 9.81. The fraction of sp³-hybridized carbons (Fsp3) is 0.387. The van der Waals surface area contributed by atoms with E-state index in [0.717, 1.165) is 36.8 Å². The number of Topliss-reactive ketones (excluding diaryl/α,β-unsaturated/α-hetero) is 1. The van der Waals surface area contributed by atoms with E-state index in [1.54, 1.807) is 18.5 Å². The number of hydrogen-bond acceptors (Lipinski definition) is 6. The van der Waals surface area contributed by atoms with Crippen LogP contribution in [-0.2, 0) is 6.42 Å². The molecule has 0 radical (unpaired) electrons. The molecule has 1 heterocycles. The topological polar surface area (TPSA) is 95.2 Å². The van der Waals surface area contributed by atoms with E-state index in [4.69, 9.17) is 4.74 Å². The van der Waals surface area contributed by atoms with Crippen molar-refractivity contribution in [1.29, 1.82) is 5.26 Å². The molecule has 6 nitrogen and oxygen atoms in total. The summed E-state index contributed by atoms with van der Waals surface area (Å²) in [7, 11) is 0. The molecule has 1 aromatic heterocycles. The van der Waals surface area contributed by atoms with Crippen LogP contribution in [0.4, 0.5) is 0 Å². The molecule has 2 N–H and O–H groups in total. The fourth-order valence-electron chi connectivity index (χ4n) is 5.42. The van der Waals surface area contributed by atoms with E-state index in [1.165, 1.54) is 11.1 Å². The number of hydroxylamine groups is 1. The average Bonchev–Trinajstić information content (AvgIpc) is 3.26. The van der Waals surface area contributed by atoms with E-state index in [-0.39, 0.29) is 11.3 Å². The highest BCUT2D eigenvalue weighted by atomic mass is 16.5. The van der Waals surface area contributed by atoms with Crippen LogP contribution in [0, 0.1) is 17.2 Å². The first-order valence-corrected chi connectivity index (χ1v) is 13.0. The molecule has 2 atom stereocenters. The Hall–Kier alpha value is -3.53. The van der Waals surface area contributed by atoms with E-state index < -0.39 is 0 Å². The number of aromatic nitrogens is 1. The number of ether oxygens (including phenoxy) is 1. The van der Waals surface area contributed by atoms with Gasteiger partial charge in [0, 0.05) is 35.5 Å². The van der Waals surface area contributed by atoms with Gasteiger partial charge in [-0.05, 0) is 86.3 Å². The second-order valence-electron chi connectivity index (χ2n) is 10.5. The zero-order chi connectivity index (χ0) is 26.4. The molecule has 3 aromatic rings. The van der Waals surface area contributed by atoms with Gasteiger partial charge in [0.2, 0.25) is 0 Å². The zero-order valence-electron chi connectivity index (χ0n) is 21.8. The lowest BCUT2D eigenvalue weighted by Crippen LogP contribution is -2.39. The summed E-state index contributed by atoms with van der Waals surface area (Å²) in [5, 5.41) is 19.2. The molecule has 0 bridgehead atoms. The maximum absolute atomic E-state index is 12.1. The van der Waals surface area contributed by atoms with Crippen LogP contribution < -0.4 is 10.2 Å². The molecule has 0 saturated heterocycles. The fourth-order valence-corrected chi connectivity index (χ4v) is 5.42. The maximum atomic E-state index is 12.1. The van der Waals surface area contributed by atoms with E-state index in [0.29, 0.717) is 41.7 Å². The summed E-state index contributed by atoms with van der Waals surface area (Å²) < 4.78 is 6.13. The SMILES string of the molecule is CCC(=O)c1cncc(-c2ccc(C#N)c(OCCCC3c4ccccc4C[C@@H]3CC(C)(C)NO)c2)c1. The molecule has 0 amide bonds. The number of ketones is 1. The standard InChI is InChI=1S/C31H35N3O3/c1-4-29(35)26-15-25(19-33-20-26)21-11-12-23(18-32)30(16-21)37-13-7-10-28-24(17-31(2,3)34-36)14-22-8-5-6-9-27(22)28/h5-6,8-9,11-12,15-16,19-20,24,28,34,36H,4,7,10,13-14,17H2,1-3H3/t24-,28?/m1/s1. The minimum Gasteiger partial charge on any atom is -0.492 e. The normalized spacial score (nSPS) is 16.7. The number of nitrogens with zero attached hydrogens (tertiary/aromatic N) is 2. The van der Waals surface area contributed by atoms with Crippen LogP contribution in [0.5, 0.6) is 5.75 Å². The molecular formula is C31H35N3O3. The van der Waals surface area contributed by atoms with Gasteiger partial charge in [-0.15, -0.1) is 0 Å². The maximum Gasteiger partial charge on any atom is 0.164 e. The van der Waals surface area contributed by atoms with Crippen molar-refractivity contribution in [3.8, 4) is 22.9 Å². The van der Waals surface area contributed by atoms with Crippen LogP contribution in [-0.4, -0.2) is 28.1 Å². The van der Waals surface area contributed by atoms with Crippen LogP contribution in [0.1, 0.15) is 79.4 Å². The Labute approximate surface area is 219 Å². The lowest BCUT2D eigenvalue weighted by Gasteiger charge is -2.30. The van der Waals surface area contributed by atoms with Gasteiger partial charge >= 0.3 is 0 Å². The van der Waals surface area contributed by atoms with Gasteiger partial charge in [0.25, 0.3) is 0 Å². The predicted molar refractivity (Wildman–Crippen MR) is 144 cm³/mol. The minimum absolute atomic E-state index is 0.0458. The number of hydrogen-bond donors (Lipinski definition) is 2. The van der Waals surface area contributed by atoms with Gasteiger partial charge in [-0.3, -0.25) is 9.78 Å². The summed E-state index contributed by atoms with van der Waals surface area (Å²) in [6.45, 7) is 6.38. The third-order valence-corrected chi connectivity index (χ3v) is 7.31. The summed E-state index contributed by atoms with van der Waals surface area (Å²) in [5.74, 6) is 1.43. The molecule has 1 unspecified atom stereocenters. The molecule has 0 saturated carbocycles. The second kappa shape index (κ2) is 11.7. The number of nitriles is 1. The first-order valence-electron chi connectivity index (χ1n) is 13.0. The Morgan fingerprint density at radius 2 is 2.00 bits per heavy atom. The highest BCUT2D eigenvalue weighted by molar-refractivity contribution is 5.96. The minimum atomic E-state index is -0.350. The third kappa shape index (κ3) is 6.25. The van der Waals surface area contributed by atoms with Crippen LogP contribution >= 0.6 is 0 Å². The number of benzene rings is 2. The van der Waals surface area contributed by atoms with Crippen molar-refractivity contribution in [3.63, 3.8) is 0 Å². The molecule has 192 valence electrons. The molecule has 2 aromatic carbocycles. The molecular weight excluding hydrogens is 462 g/mol. The molecule has 1 aliphatic rings. The average molecular weight is 498 g/mol. The Bertz CT molecular complexity index is 1290. The first-order chi connectivity index (χ1) is 17.8. The molecule has 0 fully saturated rings. The van der Waals surface area contributed by atoms with Gasteiger partial charge in [-0.2, -0.15) is 5.26 Å². The summed E-state index contributed by atoms with van der Waals surface area (Å²) in [6, 6.07) is 18.2. The molecule has 6 heteroatoms. The van der Waals surface area contributed by atoms with Crippen LogP contribution in [0.2, 0.25) is 0 Å². The van der Waals surface area contributed by atoms with Gasteiger partial charge in [-0.1, -0.05) is 37.3 Å². The van der Waals surface area contributed by atoms with Crippen molar-refractivity contribution >= 4 is 5.78 Å². The van der Waals surface area contributed by atoms with Gasteiger partial charge in [0.1, 0.15) is 11.8 Å². The first kappa shape index (κ1) is 26.5. The number of rotatable bonds is 11. The third-order valence-electron chi connectivity index (χ3n) is 7.31. The van der Waals surface area contributed by atoms with Crippen LogP contribution in [0.25, 0.3) is 11.1 Å². The van der Waals surface area contributed by atoms with Crippen LogP contribution in [0.15, 0.2) is 60.9 Å². The van der Waals surface area contributed by atoms with Crippen molar-refractivity contribution in [2.45, 2.75) is 64.3 Å². The summed E-state index contributed by atoms with van der Waals surface area (Å²) in [4.78, 5) is 16.3. The Kier molecular flexibility index (Phi) is 8.38. The van der Waals surface area contributed by atoms with Gasteiger partial charge in [-0.25, -0.2) is 5.48 Å². The quantitative estimate of drug-likeness (QED) is 0.179. The largest absolute Gasteiger partial charge is 0.492 e. The van der Waals surface area contributed by atoms with Gasteiger partial charge in [0.05, 0.1) is 12.2 Å². The Morgan fingerprint density at radius 3 is 2.76 bits per heavy atom. The zero-order valence-corrected chi connectivity index (χ0v) is 21.8.